The molecule has 1 aliphatic rings. The number of hydrogen-bond acceptors (Lipinski definition) is 4. The van der Waals surface area contributed by atoms with Gasteiger partial charge < -0.3 is 9.84 Å². The van der Waals surface area contributed by atoms with Crippen LogP contribution in [0, 0.1) is 5.92 Å². The van der Waals surface area contributed by atoms with E-state index in [9.17, 15) is 9.59 Å². The highest BCUT2D eigenvalue weighted by Crippen LogP contribution is 2.31. The first-order valence-corrected chi connectivity index (χ1v) is 9.68. The van der Waals surface area contributed by atoms with Gasteiger partial charge in [-0.15, -0.1) is 0 Å². The Morgan fingerprint density at radius 2 is 1.85 bits per heavy atom. The fraction of sp³-hybridized carbons (Fsp3) is 0.619. The second-order valence-electron chi connectivity index (χ2n) is 7.19. The summed E-state index contributed by atoms with van der Waals surface area (Å²) in [5.74, 6) is -1.09. The molecule has 2 rings (SSSR count). The zero-order valence-corrected chi connectivity index (χ0v) is 16.1. The Morgan fingerprint density at radius 1 is 1.19 bits per heavy atom. The molecule has 0 heterocycles. The zero-order valence-electron chi connectivity index (χ0n) is 16.1. The number of nitrogens with zero attached hydrogens (tertiary/aromatic N) is 1. The molecule has 5 nitrogen and oxygen atoms in total. The van der Waals surface area contributed by atoms with Crippen molar-refractivity contribution in [1.82, 2.24) is 4.90 Å². The second-order valence-corrected chi connectivity index (χ2v) is 7.19. The van der Waals surface area contributed by atoms with E-state index in [1.807, 2.05) is 38.1 Å². The van der Waals surface area contributed by atoms with Gasteiger partial charge in [-0.3, -0.25) is 14.5 Å². The number of benzene rings is 1. The molecule has 0 amide bonds. The summed E-state index contributed by atoms with van der Waals surface area (Å²) in [6, 6.07) is 7.79. The normalized spacial score (nSPS) is 20.9. The van der Waals surface area contributed by atoms with Gasteiger partial charge >= 0.3 is 11.9 Å². The lowest BCUT2D eigenvalue weighted by molar-refractivity contribution is -0.152. The van der Waals surface area contributed by atoms with Gasteiger partial charge in [0.2, 0.25) is 0 Å². The van der Waals surface area contributed by atoms with Crippen molar-refractivity contribution >= 4 is 11.9 Å². The first-order valence-electron chi connectivity index (χ1n) is 9.68. The van der Waals surface area contributed by atoms with Crippen molar-refractivity contribution < 1.29 is 19.4 Å². The van der Waals surface area contributed by atoms with Crippen LogP contribution in [0.5, 0.6) is 0 Å². The van der Waals surface area contributed by atoms with E-state index in [0.717, 1.165) is 44.3 Å². The van der Waals surface area contributed by atoms with Gasteiger partial charge in [-0.1, -0.05) is 38.1 Å². The molecule has 1 N–H and O–H groups in total. The molecule has 0 aliphatic heterocycles. The molecule has 1 fully saturated rings. The van der Waals surface area contributed by atoms with E-state index >= 15 is 0 Å². The molecule has 1 aromatic carbocycles. The van der Waals surface area contributed by atoms with E-state index in [4.69, 9.17) is 9.84 Å². The molecular formula is C21H31NO4. The number of rotatable bonds is 9. The molecule has 3 atom stereocenters. The Morgan fingerprint density at radius 3 is 2.42 bits per heavy atom. The number of ether oxygens (including phenoxy) is 1. The van der Waals surface area contributed by atoms with Gasteiger partial charge in [0, 0.05) is 0 Å². The average Bonchev–Trinajstić information content (AvgIpc) is 3.06. The third kappa shape index (κ3) is 5.56. The number of likely N-dealkylation sites (N-methyl/N-ethyl adjacent to an activating group) is 1. The SMILES string of the molecule is CCN(CC)CC(=O)O[C@H]1CCC[C@@H]1Cc1ccc([C@H](C)C(=O)O)cc1. The summed E-state index contributed by atoms with van der Waals surface area (Å²) in [5, 5.41) is 9.10. The van der Waals surface area contributed by atoms with E-state index in [0.29, 0.717) is 12.5 Å². The minimum atomic E-state index is -0.811. The van der Waals surface area contributed by atoms with Gasteiger partial charge in [0.05, 0.1) is 12.5 Å². The number of carboxylic acid groups (broad SMARTS) is 1. The van der Waals surface area contributed by atoms with Crippen LogP contribution in [0.1, 0.15) is 57.1 Å². The molecule has 0 spiro atoms. The van der Waals surface area contributed by atoms with Crippen LogP contribution in [-0.2, 0) is 20.7 Å². The van der Waals surface area contributed by atoms with Gasteiger partial charge in [0.15, 0.2) is 0 Å². The van der Waals surface area contributed by atoms with Crippen molar-refractivity contribution in [3.63, 3.8) is 0 Å². The predicted molar refractivity (Wildman–Crippen MR) is 101 cm³/mol. The Balaban J connectivity index is 1.91. The maximum absolute atomic E-state index is 12.2. The Labute approximate surface area is 156 Å². The van der Waals surface area contributed by atoms with Crippen LogP contribution in [0.15, 0.2) is 24.3 Å². The van der Waals surface area contributed by atoms with Crippen LogP contribution in [0.4, 0.5) is 0 Å². The summed E-state index contributed by atoms with van der Waals surface area (Å²) in [6.45, 7) is 7.84. The summed E-state index contributed by atoms with van der Waals surface area (Å²) in [5.41, 5.74) is 1.98. The largest absolute Gasteiger partial charge is 0.481 e. The number of hydrogen-bond donors (Lipinski definition) is 1. The molecule has 26 heavy (non-hydrogen) atoms. The van der Waals surface area contributed by atoms with E-state index in [2.05, 4.69) is 4.90 Å². The minimum Gasteiger partial charge on any atom is -0.481 e. The summed E-state index contributed by atoms with van der Waals surface area (Å²) >= 11 is 0. The highest BCUT2D eigenvalue weighted by Gasteiger charge is 2.30. The van der Waals surface area contributed by atoms with Gasteiger partial charge in [-0.05, 0) is 62.7 Å². The van der Waals surface area contributed by atoms with Crippen LogP contribution in [0.3, 0.4) is 0 Å². The van der Waals surface area contributed by atoms with E-state index in [1.165, 1.54) is 5.56 Å². The standard InChI is InChI=1S/C21H31NO4/c1-4-22(5-2)14-20(23)26-19-8-6-7-18(19)13-16-9-11-17(12-10-16)15(3)21(24)25/h9-12,15,18-19H,4-8,13-14H2,1-3H3,(H,24,25)/t15-,18+,19-/m0/s1. The quantitative estimate of drug-likeness (QED) is 0.682. The number of carbonyl (C=O) groups is 2. The van der Waals surface area contributed by atoms with Crippen LogP contribution < -0.4 is 0 Å². The molecule has 0 radical (unpaired) electrons. The number of carboxylic acids is 1. The summed E-state index contributed by atoms with van der Waals surface area (Å²) < 4.78 is 5.77. The molecule has 0 unspecified atom stereocenters. The molecular weight excluding hydrogens is 330 g/mol. The summed E-state index contributed by atoms with van der Waals surface area (Å²) in [4.78, 5) is 25.3. The van der Waals surface area contributed by atoms with Crippen molar-refractivity contribution in [2.75, 3.05) is 19.6 Å². The van der Waals surface area contributed by atoms with E-state index in [-0.39, 0.29) is 12.1 Å². The molecule has 5 heteroatoms. The first-order chi connectivity index (χ1) is 12.4. The van der Waals surface area contributed by atoms with E-state index in [1.54, 1.807) is 6.92 Å². The monoisotopic (exact) mass is 361 g/mol. The molecule has 1 aliphatic carbocycles. The molecule has 0 saturated heterocycles. The number of aliphatic carboxylic acids is 1. The smallest absolute Gasteiger partial charge is 0.320 e. The minimum absolute atomic E-state index is 0.00400. The summed E-state index contributed by atoms with van der Waals surface area (Å²) in [6.07, 6.45) is 3.95. The third-order valence-electron chi connectivity index (χ3n) is 5.47. The van der Waals surface area contributed by atoms with Crippen LogP contribution in [0.25, 0.3) is 0 Å². The molecule has 1 aromatic rings. The van der Waals surface area contributed by atoms with Gasteiger partial charge in [0.25, 0.3) is 0 Å². The Bertz CT molecular complexity index is 595. The maximum atomic E-state index is 12.2. The zero-order chi connectivity index (χ0) is 19.1. The fourth-order valence-electron chi connectivity index (χ4n) is 3.62. The fourth-order valence-corrected chi connectivity index (χ4v) is 3.62. The number of carbonyl (C=O) groups excluding carboxylic acids is 1. The van der Waals surface area contributed by atoms with Crippen LogP contribution in [0.2, 0.25) is 0 Å². The average molecular weight is 361 g/mol. The van der Waals surface area contributed by atoms with Crippen molar-refractivity contribution in [2.24, 2.45) is 5.92 Å². The van der Waals surface area contributed by atoms with Crippen molar-refractivity contribution in [3.8, 4) is 0 Å². The molecule has 144 valence electrons. The lowest BCUT2D eigenvalue weighted by Gasteiger charge is -2.23. The highest BCUT2D eigenvalue weighted by molar-refractivity contribution is 5.75. The van der Waals surface area contributed by atoms with Gasteiger partial charge in [-0.2, -0.15) is 0 Å². The van der Waals surface area contributed by atoms with Crippen molar-refractivity contribution in [3.05, 3.63) is 35.4 Å². The van der Waals surface area contributed by atoms with Crippen molar-refractivity contribution in [2.45, 2.75) is 58.5 Å². The molecule has 0 bridgehead atoms. The van der Waals surface area contributed by atoms with Crippen LogP contribution >= 0.6 is 0 Å². The lowest BCUT2D eigenvalue weighted by Crippen LogP contribution is -2.33. The lowest BCUT2D eigenvalue weighted by atomic mass is 9.93. The highest BCUT2D eigenvalue weighted by atomic mass is 16.5. The van der Waals surface area contributed by atoms with E-state index < -0.39 is 11.9 Å². The van der Waals surface area contributed by atoms with Crippen molar-refractivity contribution in [1.29, 1.82) is 0 Å². The van der Waals surface area contributed by atoms with Crippen LogP contribution in [-0.4, -0.2) is 47.7 Å². The maximum Gasteiger partial charge on any atom is 0.320 e. The predicted octanol–water partition coefficient (Wildman–Crippen LogP) is 3.47. The Hall–Kier alpha value is -1.88. The Kier molecular flexibility index (Phi) is 7.64. The summed E-state index contributed by atoms with van der Waals surface area (Å²) in [7, 11) is 0. The number of esters is 1. The third-order valence-corrected chi connectivity index (χ3v) is 5.47. The topological polar surface area (TPSA) is 66.8 Å². The molecule has 0 aromatic heterocycles. The molecule has 1 saturated carbocycles. The van der Waals surface area contributed by atoms with Gasteiger partial charge in [-0.25, -0.2) is 0 Å². The second kappa shape index (κ2) is 9.72. The van der Waals surface area contributed by atoms with Gasteiger partial charge in [0.1, 0.15) is 6.10 Å². The first kappa shape index (κ1) is 20.4.